The number of ether oxygens (including phenoxy) is 1. The zero-order valence-electron chi connectivity index (χ0n) is 11.3. The molecule has 1 atom stereocenters. The van der Waals surface area contributed by atoms with Crippen LogP contribution in [0.2, 0.25) is 0 Å². The second-order valence-electron chi connectivity index (χ2n) is 4.49. The minimum atomic E-state index is 0.167. The van der Waals surface area contributed by atoms with Crippen molar-refractivity contribution in [3.05, 3.63) is 42.2 Å². The molecule has 0 fully saturated rings. The number of aromatic nitrogens is 2. The first-order chi connectivity index (χ1) is 9.24. The Morgan fingerprint density at radius 3 is 2.53 bits per heavy atom. The van der Waals surface area contributed by atoms with Crippen LogP contribution in [0, 0.1) is 0 Å². The van der Waals surface area contributed by atoms with Gasteiger partial charge in [-0.2, -0.15) is 0 Å². The second kappa shape index (κ2) is 6.29. The van der Waals surface area contributed by atoms with Crippen LogP contribution in [0.1, 0.15) is 18.9 Å². The lowest BCUT2D eigenvalue weighted by Crippen LogP contribution is -2.21. The molecule has 4 nitrogen and oxygen atoms in total. The number of methoxy groups -OCH3 is 1. The van der Waals surface area contributed by atoms with Crippen molar-refractivity contribution in [1.82, 2.24) is 9.97 Å². The maximum absolute atomic E-state index is 5.92. The third-order valence-electron chi connectivity index (χ3n) is 3.08. The van der Waals surface area contributed by atoms with Crippen LogP contribution in [0.15, 0.2) is 36.7 Å². The standard InChI is InChI=1S/C15H19N3O/c1-3-12(16)8-11-9-17-15(18-10-11)13-6-4-5-7-14(13)19-2/h4-7,9-10,12H,3,8,16H2,1-2H3. The maximum atomic E-state index is 5.92. The molecular weight excluding hydrogens is 238 g/mol. The Balaban J connectivity index is 2.22. The van der Waals surface area contributed by atoms with Gasteiger partial charge in [-0.3, -0.25) is 0 Å². The third-order valence-corrected chi connectivity index (χ3v) is 3.08. The quantitative estimate of drug-likeness (QED) is 0.893. The number of rotatable bonds is 5. The van der Waals surface area contributed by atoms with Gasteiger partial charge in [-0.25, -0.2) is 9.97 Å². The lowest BCUT2D eigenvalue weighted by Gasteiger charge is -2.09. The predicted octanol–water partition coefficient (Wildman–Crippen LogP) is 2.43. The maximum Gasteiger partial charge on any atom is 0.162 e. The van der Waals surface area contributed by atoms with Crippen molar-refractivity contribution in [2.75, 3.05) is 7.11 Å². The molecule has 2 rings (SSSR count). The van der Waals surface area contributed by atoms with Gasteiger partial charge < -0.3 is 10.5 Å². The summed E-state index contributed by atoms with van der Waals surface area (Å²) in [6.45, 7) is 2.08. The summed E-state index contributed by atoms with van der Waals surface area (Å²) in [5.74, 6) is 1.45. The van der Waals surface area contributed by atoms with Crippen molar-refractivity contribution < 1.29 is 4.74 Å². The predicted molar refractivity (Wildman–Crippen MR) is 76.0 cm³/mol. The van der Waals surface area contributed by atoms with Crippen molar-refractivity contribution in [2.24, 2.45) is 5.73 Å². The van der Waals surface area contributed by atoms with Crippen LogP contribution in [0.25, 0.3) is 11.4 Å². The van der Waals surface area contributed by atoms with Gasteiger partial charge in [0.25, 0.3) is 0 Å². The first-order valence-corrected chi connectivity index (χ1v) is 6.44. The van der Waals surface area contributed by atoms with E-state index in [4.69, 9.17) is 10.5 Å². The first-order valence-electron chi connectivity index (χ1n) is 6.44. The largest absolute Gasteiger partial charge is 0.496 e. The SMILES string of the molecule is CCC(N)Cc1cnc(-c2ccccc2OC)nc1. The molecule has 1 aromatic carbocycles. The van der Waals surface area contributed by atoms with Gasteiger partial charge in [0.1, 0.15) is 5.75 Å². The molecule has 19 heavy (non-hydrogen) atoms. The lowest BCUT2D eigenvalue weighted by atomic mass is 10.1. The Hall–Kier alpha value is -1.94. The van der Waals surface area contributed by atoms with E-state index in [0.717, 1.165) is 29.7 Å². The summed E-state index contributed by atoms with van der Waals surface area (Å²) < 4.78 is 5.31. The molecule has 0 aliphatic carbocycles. The molecular formula is C15H19N3O. The van der Waals surface area contributed by atoms with Gasteiger partial charge in [0.05, 0.1) is 12.7 Å². The summed E-state index contributed by atoms with van der Waals surface area (Å²) in [6.07, 6.45) is 5.44. The number of hydrogen-bond acceptors (Lipinski definition) is 4. The van der Waals surface area contributed by atoms with E-state index in [2.05, 4.69) is 16.9 Å². The van der Waals surface area contributed by atoms with Gasteiger partial charge in [0.2, 0.25) is 0 Å². The molecule has 2 aromatic rings. The molecule has 4 heteroatoms. The van der Waals surface area contributed by atoms with Crippen LogP contribution in [0.3, 0.4) is 0 Å². The van der Waals surface area contributed by atoms with E-state index in [1.165, 1.54) is 0 Å². The van der Waals surface area contributed by atoms with E-state index in [0.29, 0.717) is 5.82 Å². The summed E-state index contributed by atoms with van der Waals surface area (Å²) in [7, 11) is 1.65. The van der Waals surface area contributed by atoms with E-state index in [-0.39, 0.29) is 6.04 Å². The number of benzene rings is 1. The molecule has 100 valence electrons. The summed E-state index contributed by atoms with van der Waals surface area (Å²) in [5, 5.41) is 0. The minimum Gasteiger partial charge on any atom is -0.496 e. The molecule has 2 N–H and O–H groups in total. The van der Waals surface area contributed by atoms with Crippen LogP contribution in [0.4, 0.5) is 0 Å². The smallest absolute Gasteiger partial charge is 0.162 e. The van der Waals surface area contributed by atoms with E-state index in [9.17, 15) is 0 Å². The van der Waals surface area contributed by atoms with Crippen molar-refractivity contribution in [2.45, 2.75) is 25.8 Å². The molecule has 1 heterocycles. The lowest BCUT2D eigenvalue weighted by molar-refractivity contribution is 0.416. The highest BCUT2D eigenvalue weighted by molar-refractivity contribution is 5.63. The minimum absolute atomic E-state index is 0.167. The van der Waals surface area contributed by atoms with Gasteiger partial charge in [-0.05, 0) is 30.5 Å². The zero-order chi connectivity index (χ0) is 13.7. The highest BCUT2D eigenvalue weighted by atomic mass is 16.5. The van der Waals surface area contributed by atoms with Crippen LogP contribution in [0.5, 0.6) is 5.75 Å². The van der Waals surface area contributed by atoms with Crippen LogP contribution in [-0.2, 0) is 6.42 Å². The Kier molecular flexibility index (Phi) is 4.47. The molecule has 0 radical (unpaired) electrons. The van der Waals surface area contributed by atoms with E-state index < -0.39 is 0 Å². The summed E-state index contributed by atoms with van der Waals surface area (Å²) in [6, 6.07) is 7.89. The van der Waals surface area contributed by atoms with Gasteiger partial charge in [0.15, 0.2) is 5.82 Å². The van der Waals surface area contributed by atoms with Gasteiger partial charge in [-0.15, -0.1) is 0 Å². The number of nitrogens with two attached hydrogens (primary N) is 1. The highest BCUT2D eigenvalue weighted by Crippen LogP contribution is 2.26. The average Bonchev–Trinajstić information content (AvgIpc) is 2.48. The van der Waals surface area contributed by atoms with Crippen LogP contribution < -0.4 is 10.5 Å². The van der Waals surface area contributed by atoms with Gasteiger partial charge in [0, 0.05) is 18.4 Å². The van der Waals surface area contributed by atoms with Gasteiger partial charge in [-0.1, -0.05) is 19.1 Å². The third kappa shape index (κ3) is 3.29. The first kappa shape index (κ1) is 13.5. The molecule has 0 spiro atoms. The van der Waals surface area contributed by atoms with Crippen molar-refractivity contribution in [3.8, 4) is 17.1 Å². The van der Waals surface area contributed by atoms with E-state index >= 15 is 0 Å². The second-order valence-corrected chi connectivity index (χ2v) is 4.49. The molecule has 0 saturated carbocycles. The van der Waals surface area contributed by atoms with Gasteiger partial charge >= 0.3 is 0 Å². The molecule has 0 amide bonds. The number of nitrogens with zero attached hydrogens (tertiary/aromatic N) is 2. The fourth-order valence-electron chi connectivity index (χ4n) is 1.88. The molecule has 0 aliphatic rings. The highest BCUT2D eigenvalue weighted by Gasteiger charge is 2.08. The molecule has 0 bridgehead atoms. The summed E-state index contributed by atoms with van der Waals surface area (Å²) in [5.41, 5.74) is 7.89. The number of hydrogen-bond donors (Lipinski definition) is 1. The Morgan fingerprint density at radius 1 is 1.21 bits per heavy atom. The molecule has 0 saturated heterocycles. The van der Waals surface area contributed by atoms with Crippen LogP contribution in [-0.4, -0.2) is 23.1 Å². The van der Waals surface area contributed by atoms with E-state index in [1.54, 1.807) is 7.11 Å². The van der Waals surface area contributed by atoms with Crippen LogP contribution >= 0.6 is 0 Å². The average molecular weight is 257 g/mol. The zero-order valence-corrected chi connectivity index (χ0v) is 11.3. The molecule has 1 unspecified atom stereocenters. The number of para-hydroxylation sites is 1. The molecule has 1 aromatic heterocycles. The topological polar surface area (TPSA) is 61.0 Å². The Morgan fingerprint density at radius 2 is 1.89 bits per heavy atom. The Labute approximate surface area is 113 Å². The van der Waals surface area contributed by atoms with E-state index in [1.807, 2.05) is 36.7 Å². The summed E-state index contributed by atoms with van der Waals surface area (Å²) >= 11 is 0. The molecule has 0 aliphatic heterocycles. The van der Waals surface area contributed by atoms with Crippen molar-refractivity contribution in [3.63, 3.8) is 0 Å². The fourth-order valence-corrected chi connectivity index (χ4v) is 1.88. The monoisotopic (exact) mass is 257 g/mol. The summed E-state index contributed by atoms with van der Waals surface area (Å²) in [4.78, 5) is 8.80. The van der Waals surface area contributed by atoms with Crippen molar-refractivity contribution >= 4 is 0 Å². The Bertz CT molecular complexity index is 525. The fraction of sp³-hybridized carbons (Fsp3) is 0.333. The normalized spacial score (nSPS) is 12.2. The van der Waals surface area contributed by atoms with Crippen molar-refractivity contribution in [1.29, 1.82) is 0 Å².